The second kappa shape index (κ2) is 8.79. The van der Waals surface area contributed by atoms with E-state index in [1.54, 1.807) is 67.1 Å². The number of benzene rings is 1. The van der Waals surface area contributed by atoms with Crippen molar-refractivity contribution in [2.45, 2.75) is 19.5 Å². The van der Waals surface area contributed by atoms with Crippen LogP contribution in [-0.2, 0) is 16.1 Å². The van der Waals surface area contributed by atoms with Crippen molar-refractivity contribution in [3.63, 3.8) is 0 Å². The van der Waals surface area contributed by atoms with E-state index in [-0.39, 0.29) is 17.9 Å². The molecule has 156 valence electrons. The fraction of sp³-hybridized carbons (Fsp3) is 0.167. The lowest BCUT2D eigenvalue weighted by Crippen LogP contribution is -2.29. The van der Waals surface area contributed by atoms with Crippen molar-refractivity contribution in [2.24, 2.45) is 0 Å². The number of aromatic nitrogens is 2. The number of rotatable bonds is 6. The molecule has 1 aliphatic rings. The summed E-state index contributed by atoms with van der Waals surface area (Å²) < 4.78 is 5.50. The highest BCUT2D eigenvalue weighted by atomic mass is 16.5. The number of hydrogen-bond donors (Lipinski definition) is 1. The Kier molecular flexibility index (Phi) is 5.75. The maximum absolute atomic E-state index is 13.0. The number of aliphatic hydroxyl groups is 1. The highest BCUT2D eigenvalue weighted by Crippen LogP contribution is 2.40. The van der Waals surface area contributed by atoms with Crippen LogP contribution >= 0.6 is 0 Å². The average Bonchev–Trinajstić information content (AvgIpc) is 3.05. The van der Waals surface area contributed by atoms with E-state index >= 15 is 0 Å². The third-order valence-electron chi connectivity index (χ3n) is 5.02. The van der Waals surface area contributed by atoms with Gasteiger partial charge in [0, 0.05) is 24.2 Å². The number of Topliss-reactive ketones (excluding diaryl/α,β-unsaturated/α-hetero) is 1. The molecule has 1 atom stereocenters. The first kappa shape index (κ1) is 20.3. The highest BCUT2D eigenvalue weighted by Gasteiger charge is 2.46. The highest BCUT2D eigenvalue weighted by molar-refractivity contribution is 6.46. The van der Waals surface area contributed by atoms with Crippen molar-refractivity contribution in [2.75, 3.05) is 6.61 Å². The van der Waals surface area contributed by atoms with Crippen LogP contribution in [0.3, 0.4) is 0 Å². The van der Waals surface area contributed by atoms with Crippen molar-refractivity contribution in [1.29, 1.82) is 0 Å². The summed E-state index contributed by atoms with van der Waals surface area (Å²) in [5, 5.41) is 11.1. The number of aliphatic hydroxyl groups excluding tert-OH is 1. The molecule has 1 amide bonds. The van der Waals surface area contributed by atoms with Gasteiger partial charge in [0.2, 0.25) is 0 Å². The van der Waals surface area contributed by atoms with Gasteiger partial charge in [-0.05, 0) is 42.8 Å². The second-order valence-corrected chi connectivity index (χ2v) is 7.00. The summed E-state index contributed by atoms with van der Waals surface area (Å²) in [6.45, 7) is 2.45. The van der Waals surface area contributed by atoms with Gasteiger partial charge in [-0.15, -0.1) is 0 Å². The van der Waals surface area contributed by atoms with Crippen molar-refractivity contribution >= 4 is 17.4 Å². The molecule has 31 heavy (non-hydrogen) atoms. The third-order valence-corrected chi connectivity index (χ3v) is 5.02. The number of carbonyl (C=O) groups is 2. The Morgan fingerprint density at radius 2 is 1.97 bits per heavy atom. The number of ketones is 1. The molecule has 0 radical (unpaired) electrons. The Morgan fingerprint density at radius 1 is 1.10 bits per heavy atom. The van der Waals surface area contributed by atoms with E-state index in [1.165, 1.54) is 4.90 Å². The Morgan fingerprint density at radius 3 is 2.68 bits per heavy atom. The van der Waals surface area contributed by atoms with Crippen LogP contribution in [0.15, 0.2) is 78.8 Å². The first-order chi connectivity index (χ1) is 15.1. The summed E-state index contributed by atoms with van der Waals surface area (Å²) in [4.78, 5) is 35.8. The Labute approximate surface area is 179 Å². The van der Waals surface area contributed by atoms with Crippen LogP contribution in [0, 0.1) is 0 Å². The fourth-order valence-electron chi connectivity index (χ4n) is 3.65. The van der Waals surface area contributed by atoms with Crippen LogP contribution in [0.2, 0.25) is 0 Å². The van der Waals surface area contributed by atoms with E-state index in [0.717, 1.165) is 0 Å². The van der Waals surface area contributed by atoms with E-state index in [9.17, 15) is 14.7 Å². The monoisotopic (exact) mass is 415 g/mol. The first-order valence-corrected chi connectivity index (χ1v) is 9.91. The zero-order valence-corrected chi connectivity index (χ0v) is 16.9. The molecular weight excluding hydrogens is 394 g/mol. The van der Waals surface area contributed by atoms with Crippen LogP contribution in [0.25, 0.3) is 5.76 Å². The molecule has 0 bridgehead atoms. The lowest BCUT2D eigenvalue weighted by molar-refractivity contribution is -0.140. The lowest BCUT2D eigenvalue weighted by atomic mass is 9.96. The average molecular weight is 415 g/mol. The smallest absolute Gasteiger partial charge is 0.296 e. The molecule has 3 heterocycles. The summed E-state index contributed by atoms with van der Waals surface area (Å²) in [5.41, 5.74) is 1.68. The summed E-state index contributed by atoms with van der Waals surface area (Å²) in [5.74, 6) is -1.13. The van der Waals surface area contributed by atoms with Crippen molar-refractivity contribution < 1.29 is 19.4 Å². The van der Waals surface area contributed by atoms with Gasteiger partial charge in [0.1, 0.15) is 11.5 Å². The van der Waals surface area contributed by atoms with E-state index in [4.69, 9.17) is 4.74 Å². The number of ether oxygens (including phenoxy) is 1. The molecule has 1 fully saturated rings. The first-order valence-electron chi connectivity index (χ1n) is 9.91. The Hall–Kier alpha value is -4.00. The SMILES string of the molecule is CCOc1cccc(/C(O)=C2/C(=O)C(=O)N(Cc3ccccn3)C2c2cccnc2)c1. The molecule has 0 spiro atoms. The minimum absolute atomic E-state index is 0.0163. The molecule has 1 unspecified atom stereocenters. The van der Waals surface area contributed by atoms with Crippen LogP contribution in [-0.4, -0.2) is 38.3 Å². The van der Waals surface area contributed by atoms with Gasteiger partial charge in [0.25, 0.3) is 11.7 Å². The van der Waals surface area contributed by atoms with Crippen LogP contribution in [0.4, 0.5) is 0 Å². The molecule has 0 saturated carbocycles. The maximum Gasteiger partial charge on any atom is 0.296 e. The zero-order chi connectivity index (χ0) is 21.8. The minimum atomic E-state index is -0.786. The predicted octanol–water partition coefficient (Wildman–Crippen LogP) is 3.50. The van der Waals surface area contributed by atoms with Crippen LogP contribution in [0.5, 0.6) is 5.75 Å². The van der Waals surface area contributed by atoms with Gasteiger partial charge < -0.3 is 14.7 Å². The summed E-state index contributed by atoms with van der Waals surface area (Å²) >= 11 is 0. The molecule has 0 aliphatic carbocycles. The minimum Gasteiger partial charge on any atom is -0.507 e. The number of hydrogen-bond acceptors (Lipinski definition) is 6. The summed E-state index contributed by atoms with van der Waals surface area (Å²) in [7, 11) is 0. The lowest BCUT2D eigenvalue weighted by Gasteiger charge is -2.24. The van der Waals surface area contributed by atoms with Gasteiger partial charge in [-0.3, -0.25) is 19.6 Å². The number of nitrogens with zero attached hydrogens (tertiary/aromatic N) is 3. The van der Waals surface area contributed by atoms with Crippen molar-refractivity contribution in [3.05, 3.63) is 95.6 Å². The number of carbonyl (C=O) groups excluding carboxylic acids is 2. The molecule has 1 aromatic carbocycles. The molecule has 2 aromatic heterocycles. The van der Waals surface area contributed by atoms with E-state index in [1.807, 2.05) is 13.0 Å². The van der Waals surface area contributed by atoms with Crippen molar-refractivity contribution in [1.82, 2.24) is 14.9 Å². The maximum atomic E-state index is 13.0. The fourth-order valence-corrected chi connectivity index (χ4v) is 3.65. The number of amides is 1. The van der Waals surface area contributed by atoms with E-state index in [0.29, 0.717) is 29.2 Å². The zero-order valence-electron chi connectivity index (χ0n) is 16.9. The predicted molar refractivity (Wildman–Crippen MR) is 114 cm³/mol. The molecule has 1 N–H and O–H groups in total. The van der Waals surface area contributed by atoms with Crippen LogP contribution in [0.1, 0.15) is 29.8 Å². The van der Waals surface area contributed by atoms with Gasteiger partial charge >= 0.3 is 0 Å². The molecule has 4 rings (SSSR count). The molecule has 1 saturated heterocycles. The molecular formula is C24H21N3O4. The largest absolute Gasteiger partial charge is 0.507 e. The van der Waals surface area contributed by atoms with E-state index in [2.05, 4.69) is 9.97 Å². The third kappa shape index (κ3) is 4.02. The molecule has 3 aromatic rings. The summed E-state index contributed by atoms with van der Waals surface area (Å²) in [6, 6.07) is 14.9. The van der Waals surface area contributed by atoms with Gasteiger partial charge in [-0.2, -0.15) is 0 Å². The molecule has 7 nitrogen and oxygen atoms in total. The van der Waals surface area contributed by atoms with Gasteiger partial charge in [-0.25, -0.2) is 0 Å². The van der Waals surface area contributed by atoms with Crippen molar-refractivity contribution in [3.8, 4) is 5.75 Å². The van der Waals surface area contributed by atoms with Crippen LogP contribution < -0.4 is 4.74 Å². The normalized spacial score (nSPS) is 17.7. The quantitative estimate of drug-likeness (QED) is 0.376. The number of likely N-dealkylation sites (tertiary alicyclic amines) is 1. The standard InChI is InChI=1S/C24H21N3O4/c1-2-31-19-10-5-7-16(13-19)22(28)20-21(17-8-6-11-25-14-17)27(24(30)23(20)29)15-18-9-3-4-12-26-18/h3-14,21,28H,2,15H2,1H3/b22-20-. The van der Waals surface area contributed by atoms with E-state index < -0.39 is 17.7 Å². The Balaban J connectivity index is 1.83. The van der Waals surface area contributed by atoms with Gasteiger partial charge in [0.15, 0.2) is 0 Å². The second-order valence-electron chi connectivity index (χ2n) is 7.00. The topological polar surface area (TPSA) is 92.6 Å². The summed E-state index contributed by atoms with van der Waals surface area (Å²) in [6.07, 6.45) is 4.83. The molecule has 7 heteroatoms. The van der Waals surface area contributed by atoms with Gasteiger partial charge in [0.05, 0.1) is 30.5 Å². The Bertz CT molecular complexity index is 1130. The molecule has 1 aliphatic heterocycles. The number of pyridine rings is 2. The van der Waals surface area contributed by atoms with Gasteiger partial charge in [-0.1, -0.05) is 24.3 Å².